The first-order valence-corrected chi connectivity index (χ1v) is 10.8. The van der Waals surface area contributed by atoms with Crippen LogP contribution in [-0.2, 0) is 19.1 Å². The summed E-state index contributed by atoms with van der Waals surface area (Å²) in [6, 6.07) is 9.21. The number of carbonyl (C=O) groups excluding carboxylic acids is 3. The van der Waals surface area contributed by atoms with Gasteiger partial charge in [-0.15, -0.1) is 0 Å². The number of benzene rings is 1. The molecule has 0 aromatic heterocycles. The smallest absolute Gasteiger partial charge is 0.311 e. The van der Waals surface area contributed by atoms with Gasteiger partial charge in [0.25, 0.3) is 0 Å². The third-order valence-electron chi connectivity index (χ3n) is 6.88. The molecule has 29 heavy (non-hydrogen) atoms. The molecule has 1 saturated carbocycles. The van der Waals surface area contributed by atoms with Gasteiger partial charge in [-0.05, 0) is 24.3 Å². The molecule has 3 fully saturated rings. The summed E-state index contributed by atoms with van der Waals surface area (Å²) in [6.45, 7) is 0.614. The van der Waals surface area contributed by atoms with E-state index in [1.54, 1.807) is 4.90 Å². The van der Waals surface area contributed by atoms with Gasteiger partial charge in [-0.25, -0.2) is 0 Å². The Balaban J connectivity index is 1.48. The maximum atomic E-state index is 13.1. The molecule has 2 heterocycles. The number of amides is 2. The molecule has 0 unspecified atom stereocenters. The Morgan fingerprint density at radius 1 is 1.14 bits per heavy atom. The van der Waals surface area contributed by atoms with Crippen LogP contribution in [-0.4, -0.2) is 53.8 Å². The molecule has 1 aromatic rings. The van der Waals surface area contributed by atoms with Gasteiger partial charge < -0.3 is 14.5 Å². The predicted molar refractivity (Wildman–Crippen MR) is 108 cm³/mol. The number of piperazine rings is 1. The highest BCUT2D eigenvalue weighted by atomic mass is 16.5. The van der Waals surface area contributed by atoms with Crippen LogP contribution in [0.1, 0.15) is 56.6 Å². The fraction of sp³-hybridized carbons (Fsp3) is 0.609. The van der Waals surface area contributed by atoms with Crippen molar-refractivity contribution < 1.29 is 19.1 Å². The lowest BCUT2D eigenvalue weighted by Crippen LogP contribution is -2.55. The van der Waals surface area contributed by atoms with Crippen LogP contribution in [0.4, 0.5) is 0 Å². The normalized spacial score (nSPS) is 27.2. The summed E-state index contributed by atoms with van der Waals surface area (Å²) in [6.07, 6.45) is 6.97. The number of hydrogen-bond acceptors (Lipinski definition) is 4. The maximum absolute atomic E-state index is 13.1. The Labute approximate surface area is 172 Å². The van der Waals surface area contributed by atoms with E-state index in [0.29, 0.717) is 25.3 Å². The van der Waals surface area contributed by atoms with E-state index < -0.39 is 5.92 Å². The average molecular weight is 399 g/mol. The van der Waals surface area contributed by atoms with Crippen molar-refractivity contribution in [1.29, 1.82) is 0 Å². The van der Waals surface area contributed by atoms with Gasteiger partial charge in [0.2, 0.25) is 11.8 Å². The van der Waals surface area contributed by atoms with Gasteiger partial charge >= 0.3 is 5.97 Å². The highest BCUT2D eigenvalue weighted by Crippen LogP contribution is 2.43. The third-order valence-corrected chi connectivity index (χ3v) is 6.88. The minimum atomic E-state index is -0.398. The lowest BCUT2D eigenvalue weighted by Gasteiger charge is -2.40. The van der Waals surface area contributed by atoms with Crippen LogP contribution in [0.5, 0.6) is 0 Å². The van der Waals surface area contributed by atoms with Gasteiger partial charge in [-0.3, -0.25) is 14.4 Å². The first-order valence-electron chi connectivity index (χ1n) is 10.8. The molecule has 3 aliphatic rings. The zero-order valence-corrected chi connectivity index (χ0v) is 17.1. The highest BCUT2D eigenvalue weighted by Gasteiger charge is 2.51. The topological polar surface area (TPSA) is 66.9 Å². The van der Waals surface area contributed by atoms with Crippen molar-refractivity contribution in [3.63, 3.8) is 0 Å². The van der Waals surface area contributed by atoms with Crippen molar-refractivity contribution in [2.24, 2.45) is 11.8 Å². The quantitative estimate of drug-likeness (QED) is 0.716. The summed E-state index contributed by atoms with van der Waals surface area (Å²) in [5.41, 5.74) is 0.944. The van der Waals surface area contributed by atoms with Gasteiger partial charge in [0.05, 0.1) is 31.7 Å². The lowest BCUT2D eigenvalue weighted by atomic mass is 9.93. The van der Waals surface area contributed by atoms with Crippen molar-refractivity contribution in [3.05, 3.63) is 35.9 Å². The van der Waals surface area contributed by atoms with Crippen LogP contribution in [0, 0.1) is 11.8 Å². The van der Waals surface area contributed by atoms with Crippen molar-refractivity contribution in [3.8, 4) is 0 Å². The van der Waals surface area contributed by atoms with Crippen molar-refractivity contribution >= 4 is 17.8 Å². The average Bonchev–Trinajstić information content (AvgIpc) is 3.40. The van der Waals surface area contributed by atoms with Gasteiger partial charge in [0, 0.05) is 13.0 Å². The van der Waals surface area contributed by atoms with E-state index in [-0.39, 0.29) is 36.4 Å². The number of ether oxygens (including phenoxy) is 1. The summed E-state index contributed by atoms with van der Waals surface area (Å²) in [5.74, 6) is -0.0305. The van der Waals surface area contributed by atoms with E-state index in [4.69, 9.17) is 4.74 Å². The Kier molecular flexibility index (Phi) is 5.88. The van der Waals surface area contributed by atoms with Crippen molar-refractivity contribution in [2.75, 3.05) is 20.2 Å². The third kappa shape index (κ3) is 4.02. The number of nitrogens with zero attached hydrogens (tertiary/aromatic N) is 2. The second-order valence-corrected chi connectivity index (χ2v) is 8.64. The Morgan fingerprint density at radius 2 is 1.86 bits per heavy atom. The zero-order valence-electron chi connectivity index (χ0n) is 17.1. The van der Waals surface area contributed by atoms with Crippen LogP contribution < -0.4 is 0 Å². The molecule has 2 saturated heterocycles. The number of esters is 1. The van der Waals surface area contributed by atoms with E-state index in [9.17, 15) is 14.4 Å². The van der Waals surface area contributed by atoms with E-state index in [2.05, 4.69) is 0 Å². The van der Waals surface area contributed by atoms with Crippen molar-refractivity contribution in [2.45, 2.75) is 57.0 Å². The summed E-state index contributed by atoms with van der Waals surface area (Å²) in [5, 5.41) is 0. The van der Waals surface area contributed by atoms with Crippen LogP contribution in [0.15, 0.2) is 30.3 Å². The molecule has 1 aromatic carbocycles. The number of carbonyl (C=O) groups is 3. The number of fused-ring (bicyclic) bond motifs is 1. The lowest BCUT2D eigenvalue weighted by molar-refractivity contribution is -0.151. The number of hydrogen-bond donors (Lipinski definition) is 0. The van der Waals surface area contributed by atoms with Crippen LogP contribution in [0.2, 0.25) is 0 Å². The van der Waals surface area contributed by atoms with Gasteiger partial charge in [-0.1, -0.05) is 56.0 Å². The molecule has 156 valence electrons. The minimum absolute atomic E-state index is 0.0719. The zero-order chi connectivity index (χ0) is 20.4. The van der Waals surface area contributed by atoms with E-state index >= 15 is 0 Å². The van der Waals surface area contributed by atoms with Gasteiger partial charge in [-0.2, -0.15) is 0 Å². The first-order chi connectivity index (χ1) is 14.1. The monoisotopic (exact) mass is 398 g/mol. The maximum Gasteiger partial charge on any atom is 0.311 e. The Bertz CT molecular complexity index is 759. The van der Waals surface area contributed by atoms with E-state index in [0.717, 1.165) is 12.0 Å². The second-order valence-electron chi connectivity index (χ2n) is 8.64. The standard InChI is InChI=1S/C23H30N2O4/c1-29-23(28)19-13-18-14-24(20(26)12-11-16-7-5-6-8-16)15-21(27)25(18)22(19)17-9-3-2-4-10-17/h2-4,9-10,16,18-19,22H,5-8,11-15H2,1H3/t18-,19-,22-/m0/s1. The molecule has 6 heteroatoms. The predicted octanol–water partition coefficient (Wildman–Crippen LogP) is 2.93. The second kappa shape index (κ2) is 8.56. The van der Waals surface area contributed by atoms with Crippen LogP contribution >= 0.6 is 0 Å². The minimum Gasteiger partial charge on any atom is -0.469 e. The summed E-state index contributed by atoms with van der Waals surface area (Å²) >= 11 is 0. The molecule has 0 spiro atoms. The van der Waals surface area contributed by atoms with E-state index in [1.807, 2.05) is 35.2 Å². The SMILES string of the molecule is COC(=O)[C@H]1C[C@H]2CN(C(=O)CCC3CCCC3)CC(=O)N2[C@H]1c1ccccc1. The molecule has 0 bridgehead atoms. The molecule has 0 radical (unpaired) electrons. The number of methoxy groups -OCH3 is 1. The summed E-state index contributed by atoms with van der Waals surface area (Å²) in [4.78, 5) is 41.9. The molecule has 2 aliphatic heterocycles. The van der Waals surface area contributed by atoms with Gasteiger partial charge in [0.1, 0.15) is 0 Å². The van der Waals surface area contributed by atoms with Crippen LogP contribution in [0.25, 0.3) is 0 Å². The van der Waals surface area contributed by atoms with E-state index in [1.165, 1.54) is 32.8 Å². The molecule has 6 nitrogen and oxygen atoms in total. The number of rotatable bonds is 5. The molecule has 2 amide bonds. The van der Waals surface area contributed by atoms with Gasteiger partial charge in [0.15, 0.2) is 0 Å². The Morgan fingerprint density at radius 3 is 2.55 bits per heavy atom. The fourth-order valence-corrected chi connectivity index (χ4v) is 5.44. The highest BCUT2D eigenvalue weighted by molar-refractivity contribution is 5.88. The van der Waals surface area contributed by atoms with Crippen LogP contribution in [0.3, 0.4) is 0 Å². The fourth-order valence-electron chi connectivity index (χ4n) is 5.44. The molecule has 4 rings (SSSR count). The molecular weight excluding hydrogens is 368 g/mol. The summed E-state index contributed by atoms with van der Waals surface area (Å²) in [7, 11) is 1.39. The molecule has 1 aliphatic carbocycles. The largest absolute Gasteiger partial charge is 0.469 e. The summed E-state index contributed by atoms with van der Waals surface area (Å²) < 4.78 is 5.04. The molecule has 0 N–H and O–H groups in total. The molecule has 3 atom stereocenters. The first kappa shape index (κ1) is 19.9. The Hall–Kier alpha value is -2.37. The van der Waals surface area contributed by atoms with Crippen molar-refractivity contribution in [1.82, 2.24) is 9.80 Å². The molecular formula is C23H30N2O4.